The number of fused-ring (bicyclic) bond motifs is 1. The first-order chi connectivity index (χ1) is 9.66. The Morgan fingerprint density at radius 2 is 2.05 bits per heavy atom. The van der Waals surface area contributed by atoms with Gasteiger partial charge in [0.25, 0.3) is 5.91 Å². The van der Waals surface area contributed by atoms with Crippen LogP contribution in [-0.2, 0) is 7.05 Å². The fourth-order valence-corrected chi connectivity index (χ4v) is 2.48. The van der Waals surface area contributed by atoms with Gasteiger partial charge < -0.3 is 4.90 Å². The first-order valence-corrected chi connectivity index (χ1v) is 6.60. The zero-order valence-corrected chi connectivity index (χ0v) is 11.2. The van der Waals surface area contributed by atoms with E-state index in [1.165, 1.54) is 0 Å². The van der Waals surface area contributed by atoms with Gasteiger partial charge in [-0.25, -0.2) is 0 Å². The second kappa shape index (κ2) is 4.92. The molecule has 2 heterocycles. The van der Waals surface area contributed by atoms with Crippen LogP contribution in [0.25, 0.3) is 0 Å². The SMILES string of the molecule is Cn1ccc(C(=O)N2CCCC(=O)c3ccccc32)n1. The predicted octanol–water partition coefficient (Wildman–Crippen LogP) is 2.04. The molecule has 102 valence electrons. The summed E-state index contributed by atoms with van der Waals surface area (Å²) in [5.74, 6) is -0.0651. The van der Waals surface area contributed by atoms with Crippen LogP contribution in [0, 0.1) is 0 Å². The number of aromatic nitrogens is 2. The molecule has 0 saturated carbocycles. The summed E-state index contributed by atoms with van der Waals surface area (Å²) in [6, 6.07) is 8.96. The van der Waals surface area contributed by atoms with Gasteiger partial charge in [0.1, 0.15) is 0 Å². The normalized spacial score (nSPS) is 14.8. The van der Waals surface area contributed by atoms with Gasteiger partial charge in [-0.15, -0.1) is 0 Å². The summed E-state index contributed by atoms with van der Waals surface area (Å²) in [5.41, 5.74) is 1.71. The van der Waals surface area contributed by atoms with Crippen LogP contribution in [0.5, 0.6) is 0 Å². The number of ketones is 1. The lowest BCUT2D eigenvalue weighted by atomic mass is 10.1. The smallest absolute Gasteiger partial charge is 0.278 e. The molecule has 5 nitrogen and oxygen atoms in total. The summed E-state index contributed by atoms with van der Waals surface area (Å²) in [6.07, 6.45) is 2.89. The number of para-hydroxylation sites is 1. The predicted molar refractivity (Wildman–Crippen MR) is 74.9 cm³/mol. The molecule has 5 heteroatoms. The maximum atomic E-state index is 12.6. The summed E-state index contributed by atoms with van der Waals surface area (Å²) in [7, 11) is 1.77. The Bertz CT molecular complexity index is 675. The van der Waals surface area contributed by atoms with E-state index >= 15 is 0 Å². The second-order valence-electron chi connectivity index (χ2n) is 4.88. The maximum Gasteiger partial charge on any atom is 0.278 e. The van der Waals surface area contributed by atoms with E-state index in [0.717, 1.165) is 0 Å². The van der Waals surface area contributed by atoms with E-state index in [1.807, 2.05) is 18.2 Å². The van der Waals surface area contributed by atoms with Crippen molar-refractivity contribution in [3.05, 3.63) is 47.8 Å². The minimum atomic E-state index is -0.159. The van der Waals surface area contributed by atoms with Crippen molar-refractivity contribution in [2.45, 2.75) is 12.8 Å². The van der Waals surface area contributed by atoms with Crippen LogP contribution in [0.1, 0.15) is 33.7 Å². The van der Waals surface area contributed by atoms with Crippen LogP contribution in [0.2, 0.25) is 0 Å². The third-order valence-corrected chi connectivity index (χ3v) is 3.46. The zero-order chi connectivity index (χ0) is 14.1. The molecule has 0 saturated heterocycles. The quantitative estimate of drug-likeness (QED) is 0.796. The molecule has 0 spiro atoms. The average molecular weight is 269 g/mol. The molecule has 0 N–H and O–H groups in total. The molecule has 0 fully saturated rings. The standard InChI is InChI=1S/C15H15N3O2/c1-17-10-8-12(16-17)15(20)18-9-4-7-14(19)11-5-2-3-6-13(11)18/h2-3,5-6,8,10H,4,7,9H2,1H3. The largest absolute Gasteiger partial charge is 0.306 e. The molecule has 1 amide bonds. The number of hydrogen-bond donors (Lipinski definition) is 0. The van der Waals surface area contributed by atoms with Gasteiger partial charge in [0.15, 0.2) is 11.5 Å². The monoisotopic (exact) mass is 269 g/mol. The van der Waals surface area contributed by atoms with Gasteiger partial charge in [-0.3, -0.25) is 14.3 Å². The third kappa shape index (κ3) is 2.11. The number of aryl methyl sites for hydroxylation is 1. The summed E-state index contributed by atoms with van der Waals surface area (Å²) in [6.45, 7) is 0.540. The van der Waals surface area contributed by atoms with Crippen LogP contribution in [0.15, 0.2) is 36.5 Å². The number of amides is 1. The van der Waals surface area contributed by atoms with Crippen LogP contribution in [0.4, 0.5) is 5.69 Å². The highest BCUT2D eigenvalue weighted by Gasteiger charge is 2.26. The van der Waals surface area contributed by atoms with Crippen molar-refractivity contribution in [2.24, 2.45) is 7.05 Å². The molecule has 20 heavy (non-hydrogen) atoms. The molecular formula is C15H15N3O2. The Balaban J connectivity index is 2.03. The first-order valence-electron chi connectivity index (χ1n) is 6.60. The highest BCUT2D eigenvalue weighted by Crippen LogP contribution is 2.27. The fourth-order valence-electron chi connectivity index (χ4n) is 2.48. The van der Waals surface area contributed by atoms with Crippen molar-refractivity contribution in [2.75, 3.05) is 11.4 Å². The lowest BCUT2D eigenvalue weighted by Crippen LogP contribution is -2.32. The van der Waals surface area contributed by atoms with Gasteiger partial charge in [-0.1, -0.05) is 12.1 Å². The molecule has 0 aliphatic carbocycles. The number of nitrogens with zero attached hydrogens (tertiary/aromatic N) is 3. The fraction of sp³-hybridized carbons (Fsp3) is 0.267. The van der Waals surface area contributed by atoms with Crippen molar-refractivity contribution < 1.29 is 9.59 Å². The minimum absolute atomic E-state index is 0.0944. The molecule has 0 atom stereocenters. The molecule has 1 aromatic carbocycles. The van der Waals surface area contributed by atoms with Crippen molar-refractivity contribution in [3.8, 4) is 0 Å². The van der Waals surface area contributed by atoms with E-state index in [1.54, 1.807) is 35.0 Å². The number of hydrogen-bond acceptors (Lipinski definition) is 3. The zero-order valence-electron chi connectivity index (χ0n) is 11.2. The molecular weight excluding hydrogens is 254 g/mol. The Morgan fingerprint density at radius 1 is 1.25 bits per heavy atom. The number of anilines is 1. The van der Waals surface area contributed by atoms with E-state index in [-0.39, 0.29) is 11.7 Å². The number of rotatable bonds is 1. The van der Waals surface area contributed by atoms with E-state index < -0.39 is 0 Å². The highest BCUT2D eigenvalue weighted by molar-refractivity contribution is 6.10. The van der Waals surface area contributed by atoms with Crippen molar-refractivity contribution in [1.82, 2.24) is 9.78 Å². The molecule has 1 aliphatic rings. The molecule has 0 radical (unpaired) electrons. The van der Waals surface area contributed by atoms with Crippen molar-refractivity contribution in [3.63, 3.8) is 0 Å². The van der Waals surface area contributed by atoms with Gasteiger partial charge in [-0.05, 0) is 24.6 Å². The van der Waals surface area contributed by atoms with E-state index in [4.69, 9.17) is 0 Å². The van der Waals surface area contributed by atoms with Gasteiger partial charge in [0.2, 0.25) is 0 Å². The van der Waals surface area contributed by atoms with Crippen molar-refractivity contribution in [1.29, 1.82) is 0 Å². The lowest BCUT2D eigenvalue weighted by molar-refractivity contribution is 0.0971. The van der Waals surface area contributed by atoms with Crippen LogP contribution < -0.4 is 4.90 Å². The van der Waals surface area contributed by atoms with E-state index in [2.05, 4.69) is 5.10 Å². The summed E-state index contributed by atoms with van der Waals surface area (Å²) in [4.78, 5) is 26.3. The number of carbonyl (C=O) groups is 2. The molecule has 1 aliphatic heterocycles. The number of carbonyl (C=O) groups excluding carboxylic acids is 2. The van der Waals surface area contributed by atoms with Gasteiger partial charge in [-0.2, -0.15) is 5.10 Å². The van der Waals surface area contributed by atoms with E-state index in [9.17, 15) is 9.59 Å². The number of benzene rings is 1. The van der Waals surface area contributed by atoms with Crippen molar-refractivity contribution >= 4 is 17.4 Å². The molecule has 2 aromatic rings. The second-order valence-corrected chi connectivity index (χ2v) is 4.88. The summed E-state index contributed by atoms with van der Waals surface area (Å²) in [5, 5.41) is 4.15. The van der Waals surface area contributed by atoms with E-state index in [0.29, 0.717) is 36.3 Å². The molecule has 3 rings (SSSR count). The van der Waals surface area contributed by atoms with Crippen LogP contribution >= 0.6 is 0 Å². The Morgan fingerprint density at radius 3 is 2.80 bits per heavy atom. The third-order valence-electron chi connectivity index (χ3n) is 3.46. The number of Topliss-reactive ketones (excluding diaryl/α,β-unsaturated/α-hetero) is 1. The first kappa shape index (κ1) is 12.6. The van der Waals surface area contributed by atoms with Gasteiger partial charge >= 0.3 is 0 Å². The maximum absolute atomic E-state index is 12.6. The summed E-state index contributed by atoms with van der Waals surface area (Å²) < 4.78 is 1.60. The highest BCUT2D eigenvalue weighted by atomic mass is 16.2. The Kier molecular flexibility index (Phi) is 3.10. The topological polar surface area (TPSA) is 55.2 Å². The Labute approximate surface area is 116 Å². The van der Waals surface area contributed by atoms with Gasteiger partial charge in [0.05, 0.1) is 5.69 Å². The van der Waals surface area contributed by atoms with Gasteiger partial charge in [0, 0.05) is 31.8 Å². The summed E-state index contributed by atoms with van der Waals surface area (Å²) >= 11 is 0. The molecule has 1 aromatic heterocycles. The average Bonchev–Trinajstić information content (AvgIpc) is 2.82. The van der Waals surface area contributed by atoms with Crippen LogP contribution in [-0.4, -0.2) is 28.0 Å². The lowest BCUT2D eigenvalue weighted by Gasteiger charge is -2.21. The molecule has 0 bridgehead atoms. The minimum Gasteiger partial charge on any atom is -0.306 e. The van der Waals surface area contributed by atoms with Crippen LogP contribution in [0.3, 0.4) is 0 Å². The molecule has 0 unspecified atom stereocenters. The Hall–Kier alpha value is -2.43.